The fourth-order valence-electron chi connectivity index (χ4n) is 2.25. The maximum atomic E-state index is 11.9. The quantitative estimate of drug-likeness (QED) is 0.509. The summed E-state index contributed by atoms with van der Waals surface area (Å²) in [5.41, 5.74) is 0.722. The van der Waals surface area contributed by atoms with E-state index in [1.54, 1.807) is 0 Å². The van der Waals surface area contributed by atoms with Gasteiger partial charge in [0.25, 0.3) is 0 Å². The van der Waals surface area contributed by atoms with E-state index in [9.17, 15) is 4.79 Å². The summed E-state index contributed by atoms with van der Waals surface area (Å²) in [4.78, 5) is 16.4. The third-order valence-electron chi connectivity index (χ3n) is 3.18. The molecule has 3 N–H and O–H groups in total. The van der Waals surface area contributed by atoms with E-state index in [4.69, 9.17) is 9.47 Å². The molecular formula is C17H25BrN4O3. The Kier molecular flexibility index (Phi) is 6.52. The first-order chi connectivity index (χ1) is 11.8. The molecule has 0 aromatic heterocycles. The molecule has 0 fully saturated rings. The second-order valence-electron chi connectivity index (χ2n) is 6.66. The Morgan fingerprint density at radius 2 is 2.04 bits per heavy atom. The molecule has 0 spiro atoms. The predicted molar refractivity (Wildman–Crippen MR) is 101 cm³/mol. The molecule has 0 atom stereocenters. The molecule has 0 radical (unpaired) electrons. The molecule has 1 amide bonds. The molecule has 0 saturated carbocycles. The minimum atomic E-state index is -0.257. The Morgan fingerprint density at radius 1 is 1.28 bits per heavy atom. The molecule has 1 aromatic rings. The Balaban J connectivity index is 1.98. The number of fused-ring (bicyclic) bond motifs is 1. The average Bonchev–Trinajstić information content (AvgIpc) is 2.97. The molecule has 2 rings (SSSR count). The average molecular weight is 413 g/mol. The van der Waals surface area contributed by atoms with E-state index in [0.29, 0.717) is 24.8 Å². The van der Waals surface area contributed by atoms with Gasteiger partial charge in [-0.15, -0.1) is 0 Å². The zero-order valence-electron chi connectivity index (χ0n) is 15.0. The first-order valence-electron chi connectivity index (χ1n) is 8.19. The largest absolute Gasteiger partial charge is 0.454 e. The van der Waals surface area contributed by atoms with Gasteiger partial charge in [-0.3, -0.25) is 4.79 Å². The summed E-state index contributed by atoms with van der Waals surface area (Å²) in [5.74, 6) is 1.93. The van der Waals surface area contributed by atoms with E-state index < -0.39 is 0 Å². The number of nitrogens with zero attached hydrogens (tertiary/aromatic N) is 1. The van der Waals surface area contributed by atoms with Gasteiger partial charge in [-0.2, -0.15) is 0 Å². The highest BCUT2D eigenvalue weighted by Crippen LogP contribution is 2.40. The van der Waals surface area contributed by atoms with Gasteiger partial charge in [-0.05, 0) is 61.3 Å². The number of hydrogen-bond donors (Lipinski definition) is 3. The van der Waals surface area contributed by atoms with Gasteiger partial charge >= 0.3 is 0 Å². The monoisotopic (exact) mass is 412 g/mol. The van der Waals surface area contributed by atoms with E-state index in [-0.39, 0.29) is 24.8 Å². The van der Waals surface area contributed by atoms with Crippen molar-refractivity contribution >= 4 is 27.8 Å². The minimum absolute atomic E-state index is 0.0797. The lowest BCUT2D eigenvalue weighted by Gasteiger charge is -2.21. The topological polar surface area (TPSA) is 84.0 Å². The molecule has 138 valence electrons. The number of amides is 1. The lowest BCUT2D eigenvalue weighted by atomic mass is 10.1. The number of carbonyl (C=O) groups excluding carboxylic acids is 1. The molecule has 0 bridgehead atoms. The second kappa shape index (κ2) is 8.42. The third-order valence-corrected chi connectivity index (χ3v) is 3.77. The van der Waals surface area contributed by atoms with Crippen LogP contribution < -0.4 is 25.4 Å². The minimum Gasteiger partial charge on any atom is -0.454 e. The molecule has 25 heavy (non-hydrogen) atoms. The lowest BCUT2D eigenvalue weighted by Crippen LogP contribution is -2.48. The van der Waals surface area contributed by atoms with Gasteiger partial charge in [-0.25, -0.2) is 4.99 Å². The molecule has 0 unspecified atom stereocenters. The molecule has 8 heteroatoms. The summed E-state index contributed by atoms with van der Waals surface area (Å²) in [7, 11) is 0. The van der Waals surface area contributed by atoms with Crippen molar-refractivity contribution in [3.8, 4) is 11.5 Å². The smallest absolute Gasteiger partial charge is 0.239 e. The first kappa shape index (κ1) is 19.4. The van der Waals surface area contributed by atoms with Crippen LogP contribution in [0.15, 0.2) is 21.6 Å². The van der Waals surface area contributed by atoms with Crippen molar-refractivity contribution in [2.45, 2.75) is 39.8 Å². The van der Waals surface area contributed by atoms with Crippen molar-refractivity contribution in [1.29, 1.82) is 0 Å². The van der Waals surface area contributed by atoms with E-state index >= 15 is 0 Å². The highest BCUT2D eigenvalue weighted by Gasteiger charge is 2.18. The van der Waals surface area contributed by atoms with Gasteiger partial charge in [-0.1, -0.05) is 0 Å². The number of hydrogen-bond acceptors (Lipinski definition) is 4. The Bertz CT molecular complexity index is 656. The summed E-state index contributed by atoms with van der Waals surface area (Å²) in [5, 5.41) is 9.07. The zero-order chi connectivity index (χ0) is 18.4. The predicted octanol–water partition coefficient (Wildman–Crippen LogP) is 2.15. The van der Waals surface area contributed by atoms with Crippen LogP contribution in [-0.2, 0) is 11.3 Å². The normalized spacial score (nSPS) is 13.6. The van der Waals surface area contributed by atoms with Crippen LogP contribution in [0.2, 0.25) is 0 Å². The van der Waals surface area contributed by atoms with Gasteiger partial charge < -0.3 is 25.4 Å². The number of nitrogens with one attached hydrogen (secondary N) is 3. The number of guanidine groups is 1. The Labute approximate surface area is 156 Å². The van der Waals surface area contributed by atoms with Crippen molar-refractivity contribution in [2.75, 3.05) is 19.9 Å². The van der Waals surface area contributed by atoms with Gasteiger partial charge in [0.2, 0.25) is 12.7 Å². The number of ether oxygens (including phenoxy) is 2. The third kappa shape index (κ3) is 6.12. The number of halogens is 1. The first-order valence-corrected chi connectivity index (χ1v) is 8.99. The summed E-state index contributed by atoms with van der Waals surface area (Å²) in [6.07, 6.45) is 0. The molecule has 1 aromatic carbocycles. The number of benzene rings is 1. The summed E-state index contributed by atoms with van der Waals surface area (Å²) in [6.45, 7) is 9.36. The highest BCUT2D eigenvalue weighted by atomic mass is 79.9. The number of carbonyl (C=O) groups is 1. The SMILES string of the molecule is CCNC(=NCc1cc(Br)c2c(c1)OCO2)NCC(=O)NC(C)(C)C. The molecular weight excluding hydrogens is 388 g/mol. The van der Waals surface area contributed by atoms with Gasteiger partial charge in [0.15, 0.2) is 17.5 Å². The van der Waals surface area contributed by atoms with E-state index in [1.165, 1.54) is 0 Å². The number of aliphatic imine (C=N–C) groups is 1. The molecule has 0 saturated heterocycles. The summed E-state index contributed by atoms with van der Waals surface area (Å²) >= 11 is 3.48. The second-order valence-corrected chi connectivity index (χ2v) is 7.51. The molecule has 0 aliphatic carbocycles. The van der Waals surface area contributed by atoms with Gasteiger partial charge in [0.05, 0.1) is 17.6 Å². The van der Waals surface area contributed by atoms with Crippen molar-refractivity contribution in [1.82, 2.24) is 16.0 Å². The van der Waals surface area contributed by atoms with Crippen LogP contribution in [-0.4, -0.2) is 37.3 Å². The van der Waals surface area contributed by atoms with Crippen molar-refractivity contribution in [3.63, 3.8) is 0 Å². The maximum Gasteiger partial charge on any atom is 0.239 e. The molecule has 1 heterocycles. The van der Waals surface area contributed by atoms with E-state index in [2.05, 4.69) is 36.9 Å². The van der Waals surface area contributed by atoms with Crippen LogP contribution in [0, 0.1) is 0 Å². The van der Waals surface area contributed by atoms with E-state index in [0.717, 1.165) is 15.8 Å². The Morgan fingerprint density at radius 3 is 2.72 bits per heavy atom. The van der Waals surface area contributed by atoms with Crippen LogP contribution in [0.1, 0.15) is 33.3 Å². The van der Waals surface area contributed by atoms with Gasteiger partial charge in [0, 0.05) is 12.1 Å². The summed E-state index contributed by atoms with van der Waals surface area (Å²) < 4.78 is 11.6. The number of rotatable bonds is 5. The van der Waals surface area contributed by atoms with Crippen molar-refractivity contribution in [3.05, 3.63) is 22.2 Å². The van der Waals surface area contributed by atoms with E-state index in [1.807, 2.05) is 39.8 Å². The van der Waals surface area contributed by atoms with Gasteiger partial charge in [0.1, 0.15) is 0 Å². The standard InChI is InChI=1S/C17H25BrN4O3/c1-5-19-16(21-9-14(23)22-17(2,3)4)20-8-11-6-12(18)15-13(7-11)24-10-25-15/h6-7H,5,8-10H2,1-4H3,(H,22,23)(H2,19,20,21). The van der Waals surface area contributed by atoms with Crippen LogP contribution in [0.3, 0.4) is 0 Å². The maximum absolute atomic E-state index is 11.9. The fourth-order valence-corrected chi connectivity index (χ4v) is 2.85. The van der Waals surface area contributed by atoms with Crippen molar-refractivity contribution in [2.24, 2.45) is 4.99 Å². The van der Waals surface area contributed by atoms with Crippen LogP contribution in [0.25, 0.3) is 0 Å². The molecule has 7 nitrogen and oxygen atoms in total. The Hall–Kier alpha value is -1.96. The molecule has 1 aliphatic heterocycles. The lowest BCUT2D eigenvalue weighted by molar-refractivity contribution is -0.121. The van der Waals surface area contributed by atoms with Crippen LogP contribution >= 0.6 is 15.9 Å². The summed E-state index contributed by atoms with van der Waals surface area (Å²) in [6, 6.07) is 3.86. The highest BCUT2D eigenvalue weighted by molar-refractivity contribution is 9.10. The fraction of sp³-hybridized carbons (Fsp3) is 0.529. The molecule has 1 aliphatic rings. The zero-order valence-corrected chi connectivity index (χ0v) is 16.6. The van der Waals surface area contributed by atoms with Crippen molar-refractivity contribution < 1.29 is 14.3 Å². The van der Waals surface area contributed by atoms with Crippen LogP contribution in [0.5, 0.6) is 11.5 Å². The van der Waals surface area contributed by atoms with Crippen LogP contribution in [0.4, 0.5) is 0 Å².